The van der Waals surface area contributed by atoms with E-state index in [2.05, 4.69) is 17.3 Å². The molecule has 0 aliphatic carbocycles. The zero-order valence-corrected chi connectivity index (χ0v) is 10.1. The second-order valence-electron chi connectivity index (χ2n) is 3.93. The van der Waals surface area contributed by atoms with Crippen molar-refractivity contribution in [1.29, 1.82) is 0 Å². The van der Waals surface area contributed by atoms with Gasteiger partial charge >= 0.3 is 0 Å². The number of aryl methyl sites for hydroxylation is 1. The molecule has 0 atom stereocenters. The summed E-state index contributed by atoms with van der Waals surface area (Å²) in [6, 6.07) is 6.47. The number of hydrogen-bond donors (Lipinski definition) is 1. The number of nitrogens with zero attached hydrogens (tertiary/aromatic N) is 2. The molecule has 1 N–H and O–H groups in total. The fourth-order valence-electron chi connectivity index (χ4n) is 1.77. The molecule has 17 heavy (non-hydrogen) atoms. The van der Waals surface area contributed by atoms with E-state index in [1.165, 1.54) is 12.1 Å². The van der Waals surface area contributed by atoms with Crippen LogP contribution >= 0.6 is 0 Å². The zero-order valence-electron chi connectivity index (χ0n) is 10.1. The number of nitrogens with one attached hydrogen (secondary N) is 1. The molecule has 1 aromatic carbocycles. The summed E-state index contributed by atoms with van der Waals surface area (Å²) in [5.41, 5.74) is 3.07. The van der Waals surface area contributed by atoms with Gasteiger partial charge in [0.1, 0.15) is 5.82 Å². The highest BCUT2D eigenvalue weighted by Gasteiger charge is 2.04. The highest BCUT2D eigenvalue weighted by Crippen LogP contribution is 2.13. The lowest BCUT2D eigenvalue weighted by Gasteiger charge is -2.06. The van der Waals surface area contributed by atoms with Crippen molar-refractivity contribution >= 4 is 5.69 Å². The molecule has 2 aromatic rings. The molecule has 0 amide bonds. The SMILES string of the molecule is CCn1ncc(CNc2cccc(F)c2)c1C. The van der Waals surface area contributed by atoms with Gasteiger partial charge in [0.05, 0.1) is 6.20 Å². The van der Waals surface area contributed by atoms with Gasteiger partial charge in [-0.2, -0.15) is 5.10 Å². The lowest BCUT2D eigenvalue weighted by atomic mass is 10.2. The van der Waals surface area contributed by atoms with Gasteiger partial charge in [-0.1, -0.05) is 6.07 Å². The minimum atomic E-state index is -0.226. The summed E-state index contributed by atoms with van der Waals surface area (Å²) in [4.78, 5) is 0. The maximum absolute atomic E-state index is 13.0. The lowest BCUT2D eigenvalue weighted by Crippen LogP contribution is -2.03. The second-order valence-corrected chi connectivity index (χ2v) is 3.93. The third-order valence-electron chi connectivity index (χ3n) is 2.81. The summed E-state index contributed by atoms with van der Waals surface area (Å²) in [6.07, 6.45) is 1.85. The van der Waals surface area contributed by atoms with Crippen LogP contribution < -0.4 is 5.32 Å². The normalized spacial score (nSPS) is 10.5. The van der Waals surface area contributed by atoms with E-state index < -0.39 is 0 Å². The number of benzene rings is 1. The van der Waals surface area contributed by atoms with Crippen molar-refractivity contribution in [3.8, 4) is 0 Å². The van der Waals surface area contributed by atoms with Crippen molar-refractivity contribution in [1.82, 2.24) is 9.78 Å². The van der Waals surface area contributed by atoms with E-state index in [9.17, 15) is 4.39 Å². The monoisotopic (exact) mass is 233 g/mol. The van der Waals surface area contributed by atoms with E-state index in [1.807, 2.05) is 23.9 Å². The first kappa shape index (κ1) is 11.6. The van der Waals surface area contributed by atoms with Crippen molar-refractivity contribution in [2.75, 3.05) is 5.32 Å². The van der Waals surface area contributed by atoms with Crippen molar-refractivity contribution in [3.63, 3.8) is 0 Å². The van der Waals surface area contributed by atoms with Gasteiger partial charge < -0.3 is 5.32 Å². The van der Waals surface area contributed by atoms with E-state index in [1.54, 1.807) is 6.07 Å². The number of rotatable bonds is 4. The van der Waals surface area contributed by atoms with Crippen LogP contribution in [0.15, 0.2) is 30.5 Å². The summed E-state index contributed by atoms with van der Waals surface area (Å²) < 4.78 is 14.9. The van der Waals surface area contributed by atoms with E-state index >= 15 is 0 Å². The lowest BCUT2D eigenvalue weighted by molar-refractivity contribution is 0.628. The highest BCUT2D eigenvalue weighted by atomic mass is 19.1. The predicted octanol–water partition coefficient (Wildman–Crippen LogP) is 2.96. The fraction of sp³-hybridized carbons (Fsp3) is 0.308. The molecule has 0 spiro atoms. The van der Waals surface area contributed by atoms with Crippen molar-refractivity contribution in [3.05, 3.63) is 47.5 Å². The Kier molecular flexibility index (Phi) is 3.42. The van der Waals surface area contributed by atoms with Crippen LogP contribution in [-0.2, 0) is 13.1 Å². The van der Waals surface area contributed by atoms with Gasteiger partial charge in [0.25, 0.3) is 0 Å². The van der Waals surface area contributed by atoms with Gasteiger partial charge in [0, 0.05) is 30.0 Å². The van der Waals surface area contributed by atoms with E-state index in [-0.39, 0.29) is 5.82 Å². The maximum Gasteiger partial charge on any atom is 0.125 e. The number of aromatic nitrogens is 2. The van der Waals surface area contributed by atoms with Gasteiger partial charge in [0.2, 0.25) is 0 Å². The Morgan fingerprint density at radius 1 is 1.41 bits per heavy atom. The summed E-state index contributed by atoms with van der Waals surface area (Å²) in [6.45, 7) is 5.63. The van der Waals surface area contributed by atoms with E-state index in [0.29, 0.717) is 6.54 Å². The van der Waals surface area contributed by atoms with Gasteiger partial charge in [-0.05, 0) is 32.0 Å². The predicted molar refractivity (Wildman–Crippen MR) is 66.4 cm³/mol. The zero-order chi connectivity index (χ0) is 12.3. The molecular weight excluding hydrogens is 217 g/mol. The van der Waals surface area contributed by atoms with Gasteiger partial charge in [-0.25, -0.2) is 4.39 Å². The molecule has 0 bridgehead atoms. The molecule has 1 aromatic heterocycles. The van der Waals surface area contributed by atoms with Crippen LogP contribution in [0, 0.1) is 12.7 Å². The third kappa shape index (κ3) is 2.64. The standard InChI is InChI=1S/C13H16FN3/c1-3-17-10(2)11(9-16-17)8-15-13-6-4-5-12(14)7-13/h4-7,9,15H,3,8H2,1-2H3. The smallest absolute Gasteiger partial charge is 0.125 e. The Balaban J connectivity index is 2.05. The average Bonchev–Trinajstić information content (AvgIpc) is 2.67. The summed E-state index contributed by atoms with van der Waals surface area (Å²) >= 11 is 0. The molecule has 1 heterocycles. The average molecular weight is 233 g/mol. The van der Waals surface area contributed by atoms with Gasteiger partial charge in [-0.3, -0.25) is 4.68 Å². The first-order valence-corrected chi connectivity index (χ1v) is 5.71. The van der Waals surface area contributed by atoms with Crippen LogP contribution in [0.4, 0.5) is 10.1 Å². The van der Waals surface area contributed by atoms with Crippen LogP contribution in [0.3, 0.4) is 0 Å². The minimum absolute atomic E-state index is 0.226. The quantitative estimate of drug-likeness (QED) is 0.879. The molecule has 3 nitrogen and oxygen atoms in total. The van der Waals surface area contributed by atoms with Crippen LogP contribution in [0.5, 0.6) is 0 Å². The molecular formula is C13H16FN3. The van der Waals surface area contributed by atoms with Crippen LogP contribution in [0.2, 0.25) is 0 Å². The van der Waals surface area contributed by atoms with E-state index in [4.69, 9.17) is 0 Å². The number of anilines is 1. The van der Waals surface area contributed by atoms with Crippen LogP contribution in [0.1, 0.15) is 18.2 Å². The summed E-state index contributed by atoms with van der Waals surface area (Å²) in [5, 5.41) is 7.45. The molecule has 0 unspecified atom stereocenters. The molecule has 4 heteroatoms. The fourth-order valence-corrected chi connectivity index (χ4v) is 1.77. The Bertz CT molecular complexity index is 505. The molecule has 0 radical (unpaired) electrons. The van der Waals surface area contributed by atoms with Crippen molar-refractivity contribution < 1.29 is 4.39 Å². The Morgan fingerprint density at radius 2 is 2.24 bits per heavy atom. The van der Waals surface area contributed by atoms with Crippen LogP contribution in [0.25, 0.3) is 0 Å². The number of hydrogen-bond acceptors (Lipinski definition) is 2. The van der Waals surface area contributed by atoms with Crippen molar-refractivity contribution in [2.24, 2.45) is 0 Å². The summed E-state index contributed by atoms with van der Waals surface area (Å²) in [5.74, 6) is -0.226. The van der Waals surface area contributed by atoms with Gasteiger partial charge in [0.15, 0.2) is 0 Å². The highest BCUT2D eigenvalue weighted by molar-refractivity contribution is 5.43. The molecule has 0 fully saturated rings. The molecule has 0 aliphatic rings. The molecule has 0 saturated carbocycles. The Labute approximate surface area is 100 Å². The van der Waals surface area contributed by atoms with Crippen molar-refractivity contribution in [2.45, 2.75) is 26.9 Å². The first-order chi connectivity index (χ1) is 8.20. The van der Waals surface area contributed by atoms with E-state index in [0.717, 1.165) is 23.5 Å². The molecule has 0 aliphatic heterocycles. The topological polar surface area (TPSA) is 29.9 Å². The Hall–Kier alpha value is -1.84. The first-order valence-electron chi connectivity index (χ1n) is 5.71. The summed E-state index contributed by atoms with van der Waals surface area (Å²) in [7, 11) is 0. The third-order valence-corrected chi connectivity index (χ3v) is 2.81. The van der Waals surface area contributed by atoms with Gasteiger partial charge in [-0.15, -0.1) is 0 Å². The minimum Gasteiger partial charge on any atom is -0.381 e. The maximum atomic E-state index is 13.0. The molecule has 0 saturated heterocycles. The molecule has 90 valence electrons. The second kappa shape index (κ2) is 4.99. The van der Waals surface area contributed by atoms with Crippen LogP contribution in [-0.4, -0.2) is 9.78 Å². The number of halogens is 1. The Morgan fingerprint density at radius 3 is 2.88 bits per heavy atom. The molecule has 2 rings (SSSR count). The largest absolute Gasteiger partial charge is 0.381 e.